The Morgan fingerprint density at radius 2 is 2.07 bits per heavy atom. The van der Waals surface area contributed by atoms with Crippen molar-refractivity contribution in [1.29, 1.82) is 0 Å². The largest absolute Gasteiger partial charge is 0.573 e. The Labute approximate surface area is 81.7 Å². The summed E-state index contributed by atoms with van der Waals surface area (Å²) in [5.74, 6) is -0.593. The van der Waals surface area contributed by atoms with E-state index < -0.39 is 23.2 Å². The maximum absolute atomic E-state index is 11.9. The molecular formula is C8H6F3NO3. The number of nitrogens with one attached hydrogen (secondary N) is 1. The smallest absolute Gasteiger partial charge is 0.404 e. The van der Waals surface area contributed by atoms with Gasteiger partial charge in [0.05, 0.1) is 11.3 Å². The zero-order chi connectivity index (χ0) is 11.6. The van der Waals surface area contributed by atoms with Crippen molar-refractivity contribution in [3.8, 4) is 5.75 Å². The molecule has 0 atom stereocenters. The molecule has 15 heavy (non-hydrogen) atoms. The number of aldehydes is 1. The maximum atomic E-state index is 11.9. The van der Waals surface area contributed by atoms with Gasteiger partial charge in [0.1, 0.15) is 5.75 Å². The number of aromatic nitrogens is 1. The van der Waals surface area contributed by atoms with Gasteiger partial charge in [-0.1, -0.05) is 0 Å². The predicted molar refractivity (Wildman–Crippen MR) is 43.9 cm³/mol. The minimum absolute atomic E-state index is 0.0945. The van der Waals surface area contributed by atoms with Gasteiger partial charge in [0.25, 0.3) is 5.56 Å². The number of rotatable bonds is 2. The summed E-state index contributed by atoms with van der Waals surface area (Å²) in [4.78, 5) is 23.3. The highest BCUT2D eigenvalue weighted by Gasteiger charge is 2.32. The van der Waals surface area contributed by atoms with E-state index in [1.807, 2.05) is 0 Å². The fourth-order valence-electron chi connectivity index (χ4n) is 0.937. The summed E-state index contributed by atoms with van der Waals surface area (Å²) in [5, 5.41) is 0. The molecular weight excluding hydrogens is 215 g/mol. The van der Waals surface area contributed by atoms with Gasteiger partial charge in [-0.3, -0.25) is 9.59 Å². The van der Waals surface area contributed by atoms with E-state index in [0.717, 1.165) is 6.07 Å². The predicted octanol–water partition coefficient (Wildman–Crippen LogP) is 1.39. The number of halogens is 3. The molecule has 0 amide bonds. The number of ether oxygens (including phenoxy) is 1. The number of hydrogen-bond donors (Lipinski definition) is 1. The van der Waals surface area contributed by atoms with Gasteiger partial charge < -0.3 is 9.72 Å². The first-order chi connectivity index (χ1) is 6.83. The molecule has 0 saturated carbocycles. The lowest BCUT2D eigenvalue weighted by molar-refractivity contribution is -0.275. The van der Waals surface area contributed by atoms with Gasteiger partial charge in [0, 0.05) is 0 Å². The minimum Gasteiger partial charge on any atom is -0.404 e. The molecule has 0 unspecified atom stereocenters. The number of pyridine rings is 1. The first-order valence-corrected chi connectivity index (χ1v) is 3.78. The average molecular weight is 221 g/mol. The summed E-state index contributed by atoms with van der Waals surface area (Å²) in [6.07, 6.45) is -4.70. The lowest BCUT2D eigenvalue weighted by Crippen LogP contribution is -2.21. The van der Waals surface area contributed by atoms with Crippen LogP contribution in [0.5, 0.6) is 5.75 Å². The summed E-state index contributed by atoms with van der Waals surface area (Å²) in [5.41, 5.74) is -1.26. The molecule has 1 rings (SSSR count). The summed E-state index contributed by atoms with van der Waals surface area (Å²) in [6, 6.07) is 0.745. The number of H-pyrrole nitrogens is 1. The SMILES string of the molecule is Cc1[nH]c(=O)c(C=O)cc1OC(F)(F)F. The molecule has 0 aliphatic heterocycles. The van der Waals surface area contributed by atoms with Gasteiger partial charge in [0.15, 0.2) is 6.29 Å². The van der Waals surface area contributed by atoms with E-state index in [1.165, 1.54) is 6.92 Å². The zero-order valence-corrected chi connectivity index (χ0v) is 7.51. The average Bonchev–Trinajstić information content (AvgIpc) is 2.07. The monoisotopic (exact) mass is 221 g/mol. The molecule has 0 fully saturated rings. The Kier molecular flexibility index (Phi) is 2.83. The van der Waals surface area contributed by atoms with Crippen molar-refractivity contribution in [3.05, 3.63) is 27.7 Å². The highest BCUT2D eigenvalue weighted by molar-refractivity contribution is 5.74. The van der Waals surface area contributed by atoms with Crippen molar-refractivity contribution in [2.24, 2.45) is 0 Å². The summed E-state index contributed by atoms with van der Waals surface area (Å²) in [6.45, 7) is 1.23. The van der Waals surface area contributed by atoms with Gasteiger partial charge in [-0.05, 0) is 13.0 Å². The standard InChI is InChI=1S/C8H6F3NO3/c1-4-6(15-8(9,10)11)2-5(3-13)7(14)12-4/h2-3H,1H3,(H,12,14). The van der Waals surface area contributed by atoms with Gasteiger partial charge in [-0.15, -0.1) is 13.2 Å². The number of carbonyl (C=O) groups excluding carboxylic acids is 1. The van der Waals surface area contributed by atoms with Crippen molar-refractivity contribution in [3.63, 3.8) is 0 Å². The van der Waals surface area contributed by atoms with Gasteiger partial charge in [0.2, 0.25) is 0 Å². The first kappa shape index (κ1) is 11.3. The van der Waals surface area contributed by atoms with Crippen molar-refractivity contribution >= 4 is 6.29 Å². The van der Waals surface area contributed by atoms with Crippen LogP contribution < -0.4 is 10.3 Å². The highest BCUT2D eigenvalue weighted by atomic mass is 19.4. The second-order valence-electron chi connectivity index (χ2n) is 2.71. The van der Waals surface area contributed by atoms with Crippen molar-refractivity contribution in [1.82, 2.24) is 4.98 Å². The Morgan fingerprint density at radius 3 is 2.53 bits per heavy atom. The molecule has 1 N–H and O–H groups in total. The fraction of sp³-hybridized carbons (Fsp3) is 0.250. The molecule has 0 spiro atoms. The molecule has 1 aromatic heterocycles. The van der Waals surface area contributed by atoms with E-state index in [2.05, 4.69) is 9.72 Å². The number of aryl methyl sites for hydroxylation is 1. The van der Waals surface area contributed by atoms with E-state index in [4.69, 9.17) is 0 Å². The van der Waals surface area contributed by atoms with Crippen molar-refractivity contribution in [2.45, 2.75) is 13.3 Å². The molecule has 0 radical (unpaired) electrons. The lowest BCUT2D eigenvalue weighted by atomic mass is 10.2. The van der Waals surface area contributed by atoms with E-state index in [9.17, 15) is 22.8 Å². The third kappa shape index (κ3) is 2.83. The fourth-order valence-corrected chi connectivity index (χ4v) is 0.937. The van der Waals surface area contributed by atoms with Gasteiger partial charge in [-0.2, -0.15) is 0 Å². The molecule has 0 aromatic carbocycles. The second-order valence-corrected chi connectivity index (χ2v) is 2.71. The number of aromatic amines is 1. The minimum atomic E-state index is -4.86. The number of hydrogen-bond acceptors (Lipinski definition) is 3. The first-order valence-electron chi connectivity index (χ1n) is 3.78. The van der Waals surface area contributed by atoms with Crippen molar-refractivity contribution < 1.29 is 22.7 Å². The lowest BCUT2D eigenvalue weighted by Gasteiger charge is -2.10. The normalized spacial score (nSPS) is 11.2. The molecule has 0 saturated heterocycles. The van der Waals surface area contributed by atoms with Crippen LogP contribution in [0, 0.1) is 6.92 Å². The van der Waals surface area contributed by atoms with E-state index >= 15 is 0 Å². The van der Waals surface area contributed by atoms with Gasteiger partial charge >= 0.3 is 6.36 Å². The molecule has 0 aliphatic carbocycles. The number of alkyl halides is 3. The van der Waals surface area contributed by atoms with Crippen LogP contribution in [0.3, 0.4) is 0 Å². The quantitative estimate of drug-likeness (QED) is 0.767. The van der Waals surface area contributed by atoms with Crippen LogP contribution in [0.1, 0.15) is 16.1 Å². The highest BCUT2D eigenvalue weighted by Crippen LogP contribution is 2.24. The van der Waals surface area contributed by atoms with E-state index in [0.29, 0.717) is 0 Å². The number of carbonyl (C=O) groups is 1. The second kappa shape index (κ2) is 3.76. The van der Waals surface area contributed by atoms with Crippen LogP contribution in [0.2, 0.25) is 0 Å². The molecule has 0 bridgehead atoms. The molecule has 7 heteroatoms. The van der Waals surface area contributed by atoms with Crippen LogP contribution in [-0.2, 0) is 0 Å². The molecule has 4 nitrogen and oxygen atoms in total. The maximum Gasteiger partial charge on any atom is 0.573 e. The third-order valence-electron chi connectivity index (χ3n) is 1.57. The van der Waals surface area contributed by atoms with E-state index in [1.54, 1.807) is 0 Å². The van der Waals surface area contributed by atoms with Crippen LogP contribution in [-0.4, -0.2) is 17.6 Å². The Balaban J connectivity index is 3.19. The molecule has 1 aromatic rings. The molecule has 1 heterocycles. The molecule has 82 valence electrons. The Bertz CT molecular complexity index is 436. The van der Waals surface area contributed by atoms with Crippen LogP contribution in [0.25, 0.3) is 0 Å². The van der Waals surface area contributed by atoms with Crippen LogP contribution >= 0.6 is 0 Å². The Morgan fingerprint density at radius 1 is 1.47 bits per heavy atom. The van der Waals surface area contributed by atoms with Gasteiger partial charge in [-0.25, -0.2) is 0 Å². The van der Waals surface area contributed by atoms with Crippen LogP contribution in [0.15, 0.2) is 10.9 Å². The summed E-state index contributed by atoms with van der Waals surface area (Å²) >= 11 is 0. The zero-order valence-electron chi connectivity index (χ0n) is 7.51. The van der Waals surface area contributed by atoms with E-state index in [-0.39, 0.29) is 12.0 Å². The molecule has 0 aliphatic rings. The van der Waals surface area contributed by atoms with Crippen molar-refractivity contribution in [2.75, 3.05) is 0 Å². The summed E-state index contributed by atoms with van der Waals surface area (Å²) in [7, 11) is 0. The topological polar surface area (TPSA) is 59.2 Å². The summed E-state index contributed by atoms with van der Waals surface area (Å²) < 4.78 is 39.2. The third-order valence-corrected chi connectivity index (χ3v) is 1.57. The Hall–Kier alpha value is -1.79. The van der Waals surface area contributed by atoms with Crippen LogP contribution in [0.4, 0.5) is 13.2 Å².